The molecule has 1 heterocycles. The van der Waals surface area contributed by atoms with Gasteiger partial charge in [0, 0.05) is 31.2 Å². The van der Waals surface area contributed by atoms with Crippen LogP contribution in [0.2, 0.25) is 0 Å². The lowest BCUT2D eigenvalue weighted by molar-refractivity contribution is 0.0126. The second-order valence-corrected chi connectivity index (χ2v) is 5.47. The maximum Gasteiger partial charge on any atom is 0.0337 e. The van der Waals surface area contributed by atoms with Crippen molar-refractivity contribution < 1.29 is 0 Å². The number of hydrogen-bond acceptors (Lipinski definition) is 2. The number of hydrogen-bond donors (Lipinski definition) is 1. The zero-order chi connectivity index (χ0) is 10.9. The van der Waals surface area contributed by atoms with Gasteiger partial charge >= 0.3 is 0 Å². The molecule has 1 aliphatic carbocycles. The first kappa shape index (κ1) is 11.4. The third-order valence-electron chi connectivity index (χ3n) is 4.51. The van der Waals surface area contributed by atoms with Crippen LogP contribution in [0.1, 0.15) is 46.5 Å². The Hall–Kier alpha value is -0.0800. The van der Waals surface area contributed by atoms with Gasteiger partial charge in [-0.05, 0) is 38.5 Å². The molecule has 0 radical (unpaired) electrons. The fourth-order valence-electron chi connectivity index (χ4n) is 3.31. The Balaban J connectivity index is 2.10. The summed E-state index contributed by atoms with van der Waals surface area (Å²) in [5, 5.41) is 3.59. The standard InChI is InChI=1S/C13H26N2/c1-4-12(5-2)15-9-8-14-10-13(15,3)11-6-7-11/h11-12,14H,4-10H2,1-3H3. The van der Waals surface area contributed by atoms with Crippen LogP contribution in [-0.2, 0) is 0 Å². The van der Waals surface area contributed by atoms with Crippen LogP contribution in [0.5, 0.6) is 0 Å². The molecular weight excluding hydrogens is 184 g/mol. The summed E-state index contributed by atoms with van der Waals surface area (Å²) in [6, 6.07) is 0.803. The van der Waals surface area contributed by atoms with Crippen LogP contribution in [0.15, 0.2) is 0 Å². The Bertz CT molecular complexity index is 209. The van der Waals surface area contributed by atoms with Crippen LogP contribution in [0, 0.1) is 5.92 Å². The summed E-state index contributed by atoms with van der Waals surface area (Å²) in [5.41, 5.74) is 0.453. The van der Waals surface area contributed by atoms with E-state index >= 15 is 0 Å². The quantitative estimate of drug-likeness (QED) is 0.765. The molecule has 88 valence electrons. The average molecular weight is 210 g/mol. The molecule has 2 nitrogen and oxygen atoms in total. The third-order valence-corrected chi connectivity index (χ3v) is 4.51. The van der Waals surface area contributed by atoms with E-state index in [4.69, 9.17) is 0 Å². The number of piperazine rings is 1. The third kappa shape index (κ3) is 2.07. The fourth-order valence-corrected chi connectivity index (χ4v) is 3.31. The topological polar surface area (TPSA) is 15.3 Å². The van der Waals surface area contributed by atoms with Gasteiger partial charge < -0.3 is 5.32 Å². The van der Waals surface area contributed by atoms with E-state index in [0.717, 1.165) is 12.0 Å². The summed E-state index contributed by atoms with van der Waals surface area (Å²) in [6.45, 7) is 10.8. The summed E-state index contributed by atoms with van der Waals surface area (Å²) >= 11 is 0. The molecule has 1 aliphatic heterocycles. The molecule has 2 fully saturated rings. The highest BCUT2D eigenvalue weighted by atomic mass is 15.3. The average Bonchev–Trinajstić information content (AvgIpc) is 3.06. The lowest BCUT2D eigenvalue weighted by Crippen LogP contribution is -2.63. The van der Waals surface area contributed by atoms with Crippen molar-refractivity contribution in [1.82, 2.24) is 10.2 Å². The van der Waals surface area contributed by atoms with Crippen molar-refractivity contribution in [3.8, 4) is 0 Å². The first-order chi connectivity index (χ1) is 7.22. The van der Waals surface area contributed by atoms with E-state index in [-0.39, 0.29) is 0 Å². The van der Waals surface area contributed by atoms with Gasteiger partial charge in [-0.15, -0.1) is 0 Å². The van der Waals surface area contributed by atoms with Crippen LogP contribution >= 0.6 is 0 Å². The SMILES string of the molecule is CCC(CC)N1CCNCC1(C)C1CC1. The monoisotopic (exact) mass is 210 g/mol. The van der Waals surface area contributed by atoms with Crippen molar-refractivity contribution in [2.75, 3.05) is 19.6 Å². The lowest BCUT2D eigenvalue weighted by atomic mass is 9.88. The zero-order valence-corrected chi connectivity index (χ0v) is 10.6. The molecule has 0 bridgehead atoms. The van der Waals surface area contributed by atoms with Gasteiger partial charge in [0.2, 0.25) is 0 Å². The second kappa shape index (κ2) is 4.42. The molecule has 15 heavy (non-hydrogen) atoms. The van der Waals surface area contributed by atoms with E-state index in [1.165, 1.54) is 45.3 Å². The minimum Gasteiger partial charge on any atom is -0.314 e. The molecule has 1 unspecified atom stereocenters. The van der Waals surface area contributed by atoms with Crippen LogP contribution < -0.4 is 5.32 Å². The van der Waals surface area contributed by atoms with E-state index < -0.39 is 0 Å². The normalized spacial score (nSPS) is 33.6. The molecule has 2 heteroatoms. The number of rotatable bonds is 4. The Morgan fingerprint density at radius 1 is 1.33 bits per heavy atom. The molecule has 2 aliphatic rings. The van der Waals surface area contributed by atoms with E-state index in [0.29, 0.717) is 5.54 Å². The second-order valence-electron chi connectivity index (χ2n) is 5.47. The molecule has 2 rings (SSSR count). The van der Waals surface area contributed by atoms with Gasteiger partial charge in [-0.3, -0.25) is 4.90 Å². The van der Waals surface area contributed by atoms with Crippen molar-refractivity contribution in [3.63, 3.8) is 0 Å². The van der Waals surface area contributed by atoms with Gasteiger partial charge in [-0.1, -0.05) is 13.8 Å². The number of nitrogens with one attached hydrogen (secondary N) is 1. The highest BCUT2D eigenvalue weighted by Gasteiger charge is 2.47. The molecule has 1 N–H and O–H groups in total. The predicted octanol–water partition coefficient (Wildman–Crippen LogP) is 2.25. The summed E-state index contributed by atoms with van der Waals surface area (Å²) in [7, 11) is 0. The van der Waals surface area contributed by atoms with Crippen molar-refractivity contribution >= 4 is 0 Å². The van der Waals surface area contributed by atoms with Gasteiger partial charge in [-0.25, -0.2) is 0 Å². The molecule has 0 spiro atoms. The van der Waals surface area contributed by atoms with Crippen molar-refractivity contribution in [1.29, 1.82) is 0 Å². The highest BCUT2D eigenvalue weighted by Crippen LogP contribution is 2.44. The Kier molecular flexibility index (Phi) is 3.36. The van der Waals surface area contributed by atoms with E-state index in [2.05, 4.69) is 31.0 Å². The van der Waals surface area contributed by atoms with Crippen molar-refractivity contribution in [3.05, 3.63) is 0 Å². The maximum absolute atomic E-state index is 3.59. The predicted molar refractivity (Wildman–Crippen MR) is 65.1 cm³/mol. The van der Waals surface area contributed by atoms with Gasteiger partial charge in [0.25, 0.3) is 0 Å². The van der Waals surface area contributed by atoms with Crippen LogP contribution in [0.4, 0.5) is 0 Å². The van der Waals surface area contributed by atoms with Gasteiger partial charge in [0.05, 0.1) is 0 Å². The maximum atomic E-state index is 3.59. The van der Waals surface area contributed by atoms with Crippen LogP contribution in [0.3, 0.4) is 0 Å². The summed E-state index contributed by atoms with van der Waals surface area (Å²) in [6.07, 6.45) is 5.52. The van der Waals surface area contributed by atoms with Crippen molar-refractivity contribution in [2.45, 2.75) is 58.0 Å². The first-order valence-corrected chi connectivity index (χ1v) is 6.69. The number of nitrogens with zero attached hydrogens (tertiary/aromatic N) is 1. The fraction of sp³-hybridized carbons (Fsp3) is 1.00. The molecule has 1 saturated carbocycles. The summed E-state index contributed by atoms with van der Waals surface area (Å²) in [5.74, 6) is 0.964. The minimum absolute atomic E-state index is 0.453. The molecular formula is C13H26N2. The Labute approximate surface area is 94.4 Å². The lowest BCUT2D eigenvalue weighted by Gasteiger charge is -2.49. The first-order valence-electron chi connectivity index (χ1n) is 6.69. The minimum atomic E-state index is 0.453. The molecule has 0 amide bonds. The van der Waals surface area contributed by atoms with Crippen LogP contribution in [-0.4, -0.2) is 36.1 Å². The van der Waals surface area contributed by atoms with E-state index in [9.17, 15) is 0 Å². The van der Waals surface area contributed by atoms with E-state index in [1.807, 2.05) is 0 Å². The van der Waals surface area contributed by atoms with Gasteiger partial charge in [0.1, 0.15) is 0 Å². The Morgan fingerprint density at radius 3 is 2.53 bits per heavy atom. The smallest absolute Gasteiger partial charge is 0.0337 e. The van der Waals surface area contributed by atoms with Gasteiger partial charge in [-0.2, -0.15) is 0 Å². The summed E-state index contributed by atoms with van der Waals surface area (Å²) < 4.78 is 0. The zero-order valence-electron chi connectivity index (χ0n) is 10.6. The molecule has 1 atom stereocenters. The molecule has 0 aromatic heterocycles. The molecule has 0 aromatic rings. The Morgan fingerprint density at radius 2 is 2.00 bits per heavy atom. The van der Waals surface area contributed by atoms with Crippen LogP contribution in [0.25, 0.3) is 0 Å². The van der Waals surface area contributed by atoms with Gasteiger partial charge in [0.15, 0.2) is 0 Å². The largest absolute Gasteiger partial charge is 0.314 e. The molecule has 0 aromatic carbocycles. The van der Waals surface area contributed by atoms with E-state index in [1.54, 1.807) is 0 Å². The van der Waals surface area contributed by atoms with Crippen molar-refractivity contribution in [2.24, 2.45) is 5.92 Å². The highest BCUT2D eigenvalue weighted by molar-refractivity contribution is 5.04. The molecule has 1 saturated heterocycles. The summed E-state index contributed by atoms with van der Waals surface area (Å²) in [4.78, 5) is 2.81.